The van der Waals surface area contributed by atoms with Crippen LogP contribution in [0.5, 0.6) is 0 Å². The van der Waals surface area contributed by atoms with Crippen LogP contribution in [0.15, 0.2) is 4.42 Å². The summed E-state index contributed by atoms with van der Waals surface area (Å²) in [7, 11) is 0. The molecule has 0 spiro atoms. The zero-order valence-electron chi connectivity index (χ0n) is 10.7. The zero-order chi connectivity index (χ0) is 11.7. The summed E-state index contributed by atoms with van der Waals surface area (Å²) in [6.45, 7) is 6.20. The highest BCUT2D eigenvalue weighted by Gasteiger charge is 2.26. The van der Waals surface area contributed by atoms with Gasteiger partial charge >= 0.3 is 0 Å². The molecule has 1 atom stereocenters. The van der Waals surface area contributed by atoms with Crippen LogP contribution in [0.2, 0.25) is 0 Å². The molecule has 1 heterocycles. The molecule has 2 rings (SSSR count). The summed E-state index contributed by atoms with van der Waals surface area (Å²) in [5.41, 5.74) is 8.95. The van der Waals surface area contributed by atoms with Gasteiger partial charge in [0.15, 0.2) is 0 Å². The summed E-state index contributed by atoms with van der Waals surface area (Å²) in [6, 6.07) is 0.178. The van der Waals surface area contributed by atoms with Crippen molar-refractivity contribution in [3.63, 3.8) is 0 Å². The minimum atomic E-state index is 0.178. The summed E-state index contributed by atoms with van der Waals surface area (Å²) < 4.78 is 5.68. The van der Waals surface area contributed by atoms with E-state index in [-0.39, 0.29) is 6.04 Å². The number of rotatable bonds is 2. The van der Waals surface area contributed by atoms with Crippen LogP contribution >= 0.6 is 0 Å². The van der Waals surface area contributed by atoms with Crippen molar-refractivity contribution in [1.29, 1.82) is 0 Å². The Morgan fingerprint density at radius 1 is 1.06 bits per heavy atom. The van der Waals surface area contributed by atoms with Crippen molar-refractivity contribution in [3.8, 4) is 0 Å². The van der Waals surface area contributed by atoms with Crippen LogP contribution in [0.4, 0.5) is 0 Å². The summed E-state index contributed by atoms with van der Waals surface area (Å²) in [5.74, 6) is 2.70. The lowest BCUT2D eigenvalue weighted by atomic mass is 9.80. The number of hydrogen-bond donors (Lipinski definition) is 1. The maximum Gasteiger partial charge on any atom is 0.106 e. The van der Waals surface area contributed by atoms with Crippen molar-refractivity contribution < 1.29 is 4.42 Å². The Morgan fingerprint density at radius 3 is 2.19 bits per heavy atom. The van der Waals surface area contributed by atoms with Gasteiger partial charge in [-0.2, -0.15) is 0 Å². The maximum atomic E-state index is 6.42. The van der Waals surface area contributed by atoms with Gasteiger partial charge in [0.2, 0.25) is 0 Å². The minimum absolute atomic E-state index is 0.178. The van der Waals surface area contributed by atoms with Crippen LogP contribution in [-0.2, 0) is 0 Å². The Balaban J connectivity index is 2.22. The molecule has 2 nitrogen and oxygen atoms in total. The first-order valence-electron chi connectivity index (χ1n) is 6.43. The average molecular weight is 221 g/mol. The molecule has 2 heteroatoms. The minimum Gasteiger partial charge on any atom is -0.466 e. The normalized spacial score (nSPS) is 20.0. The average Bonchev–Trinajstić information content (AvgIpc) is 2.54. The molecule has 1 aromatic heterocycles. The molecule has 0 bridgehead atoms. The fourth-order valence-corrected chi connectivity index (χ4v) is 3.03. The predicted molar refractivity (Wildman–Crippen MR) is 66.4 cm³/mol. The van der Waals surface area contributed by atoms with Gasteiger partial charge in [0.05, 0.1) is 0 Å². The molecule has 1 saturated carbocycles. The fraction of sp³-hybridized carbons (Fsp3) is 0.714. The van der Waals surface area contributed by atoms with E-state index in [1.54, 1.807) is 0 Å². The van der Waals surface area contributed by atoms with E-state index in [1.165, 1.54) is 43.2 Å². The highest BCUT2D eigenvalue weighted by atomic mass is 16.3. The predicted octanol–water partition coefficient (Wildman–Crippen LogP) is 3.78. The third kappa shape index (κ3) is 2.03. The van der Waals surface area contributed by atoms with Gasteiger partial charge in [-0.15, -0.1) is 0 Å². The summed E-state index contributed by atoms with van der Waals surface area (Å²) in [4.78, 5) is 0. The molecule has 1 aliphatic rings. The topological polar surface area (TPSA) is 39.2 Å². The van der Waals surface area contributed by atoms with Gasteiger partial charge in [-0.25, -0.2) is 0 Å². The number of furan rings is 1. The van der Waals surface area contributed by atoms with Crippen LogP contribution in [0.25, 0.3) is 0 Å². The van der Waals surface area contributed by atoms with Crippen molar-refractivity contribution in [2.45, 2.75) is 58.9 Å². The highest BCUT2D eigenvalue weighted by molar-refractivity contribution is 5.34. The SMILES string of the molecule is Cc1oc(C)c(C(N)C2CCCCC2)c1C. The lowest BCUT2D eigenvalue weighted by Crippen LogP contribution is -2.24. The first-order chi connectivity index (χ1) is 7.61. The van der Waals surface area contributed by atoms with Crippen molar-refractivity contribution in [2.24, 2.45) is 11.7 Å². The second-order valence-electron chi connectivity index (χ2n) is 5.18. The lowest BCUT2D eigenvalue weighted by Gasteiger charge is -2.27. The summed E-state index contributed by atoms with van der Waals surface area (Å²) >= 11 is 0. The Morgan fingerprint density at radius 2 is 1.69 bits per heavy atom. The molecule has 0 amide bonds. The Kier molecular flexibility index (Phi) is 3.38. The number of aryl methyl sites for hydroxylation is 2. The van der Waals surface area contributed by atoms with E-state index < -0.39 is 0 Å². The molecule has 90 valence electrons. The Labute approximate surface area is 98.2 Å². The van der Waals surface area contributed by atoms with Crippen LogP contribution < -0.4 is 5.73 Å². The van der Waals surface area contributed by atoms with Crippen LogP contribution in [0, 0.1) is 26.7 Å². The fourth-order valence-electron chi connectivity index (χ4n) is 3.03. The molecule has 1 fully saturated rings. The zero-order valence-corrected chi connectivity index (χ0v) is 10.7. The Bertz CT molecular complexity index is 361. The second-order valence-corrected chi connectivity index (χ2v) is 5.18. The van der Waals surface area contributed by atoms with Crippen LogP contribution in [0.1, 0.15) is 60.8 Å². The van der Waals surface area contributed by atoms with Gasteiger partial charge in [0, 0.05) is 11.6 Å². The van der Waals surface area contributed by atoms with Crippen molar-refractivity contribution in [2.75, 3.05) is 0 Å². The highest BCUT2D eigenvalue weighted by Crippen LogP contribution is 2.36. The first-order valence-corrected chi connectivity index (χ1v) is 6.43. The molecule has 0 aliphatic heterocycles. The van der Waals surface area contributed by atoms with E-state index in [1.807, 2.05) is 13.8 Å². The molecule has 2 N–H and O–H groups in total. The van der Waals surface area contributed by atoms with Gasteiger partial charge in [-0.05, 0) is 45.1 Å². The van der Waals surface area contributed by atoms with Crippen molar-refractivity contribution in [3.05, 3.63) is 22.6 Å². The third-order valence-electron chi connectivity index (χ3n) is 4.11. The summed E-state index contributed by atoms with van der Waals surface area (Å²) in [5, 5.41) is 0. The lowest BCUT2D eigenvalue weighted by molar-refractivity contribution is 0.305. The Hall–Kier alpha value is -0.760. The molecular formula is C14H23NO. The molecule has 0 aromatic carbocycles. The van der Waals surface area contributed by atoms with Gasteiger partial charge in [-0.3, -0.25) is 0 Å². The summed E-state index contributed by atoms with van der Waals surface area (Å²) in [6.07, 6.45) is 6.63. The van der Waals surface area contributed by atoms with Crippen molar-refractivity contribution >= 4 is 0 Å². The van der Waals surface area contributed by atoms with Crippen molar-refractivity contribution in [1.82, 2.24) is 0 Å². The van der Waals surface area contributed by atoms with Gasteiger partial charge in [-0.1, -0.05) is 19.3 Å². The molecule has 0 radical (unpaired) electrons. The largest absolute Gasteiger partial charge is 0.466 e. The smallest absolute Gasteiger partial charge is 0.106 e. The maximum absolute atomic E-state index is 6.42. The van der Waals surface area contributed by atoms with E-state index in [0.717, 1.165) is 11.5 Å². The monoisotopic (exact) mass is 221 g/mol. The molecule has 0 saturated heterocycles. The quantitative estimate of drug-likeness (QED) is 0.825. The molecular weight excluding hydrogens is 198 g/mol. The molecule has 1 aromatic rings. The van der Waals surface area contributed by atoms with Gasteiger partial charge in [0.25, 0.3) is 0 Å². The van der Waals surface area contributed by atoms with Gasteiger partial charge in [0.1, 0.15) is 11.5 Å². The van der Waals surface area contributed by atoms with E-state index in [9.17, 15) is 0 Å². The molecule has 1 unspecified atom stereocenters. The molecule has 1 aliphatic carbocycles. The van der Waals surface area contributed by atoms with Crippen LogP contribution in [-0.4, -0.2) is 0 Å². The van der Waals surface area contributed by atoms with E-state index in [4.69, 9.17) is 10.2 Å². The van der Waals surface area contributed by atoms with Gasteiger partial charge < -0.3 is 10.2 Å². The van der Waals surface area contributed by atoms with E-state index >= 15 is 0 Å². The second kappa shape index (κ2) is 4.62. The number of nitrogens with two attached hydrogens (primary N) is 1. The standard InChI is InChI=1S/C14H23NO/c1-9-10(2)16-11(3)13(9)14(15)12-7-5-4-6-8-12/h12,14H,4-8,15H2,1-3H3. The molecule has 16 heavy (non-hydrogen) atoms. The van der Waals surface area contributed by atoms with Crippen LogP contribution in [0.3, 0.4) is 0 Å². The van der Waals surface area contributed by atoms with E-state index in [0.29, 0.717) is 5.92 Å². The third-order valence-corrected chi connectivity index (χ3v) is 4.11. The number of hydrogen-bond acceptors (Lipinski definition) is 2. The first kappa shape index (κ1) is 11.7. The van der Waals surface area contributed by atoms with E-state index in [2.05, 4.69) is 6.92 Å².